The van der Waals surface area contributed by atoms with Gasteiger partial charge in [0.05, 0.1) is 12.6 Å². The standard InChI is InChI=1S/C12H18N2O2S/c13-4-6-16-8-12(15)14-5-1-2-11(14)10-3-7-17-9-10/h3,7,9,11H,1-2,4-6,8,13H2. The van der Waals surface area contributed by atoms with E-state index in [4.69, 9.17) is 10.5 Å². The summed E-state index contributed by atoms with van der Waals surface area (Å²) >= 11 is 1.68. The van der Waals surface area contributed by atoms with Crippen LogP contribution in [0.5, 0.6) is 0 Å². The average Bonchev–Trinajstić information content (AvgIpc) is 2.99. The Morgan fingerprint density at radius 3 is 3.24 bits per heavy atom. The first-order valence-corrected chi connectivity index (χ1v) is 6.86. The van der Waals surface area contributed by atoms with Gasteiger partial charge < -0.3 is 15.4 Å². The molecule has 2 rings (SSSR count). The van der Waals surface area contributed by atoms with E-state index in [2.05, 4.69) is 16.8 Å². The smallest absolute Gasteiger partial charge is 0.249 e. The number of amides is 1. The summed E-state index contributed by atoms with van der Waals surface area (Å²) < 4.78 is 5.21. The Labute approximate surface area is 105 Å². The molecule has 1 aromatic rings. The van der Waals surface area contributed by atoms with E-state index in [0.717, 1.165) is 19.4 Å². The second-order valence-corrected chi connectivity index (χ2v) is 4.92. The van der Waals surface area contributed by atoms with Crippen molar-refractivity contribution in [1.82, 2.24) is 4.90 Å². The summed E-state index contributed by atoms with van der Waals surface area (Å²) in [5.41, 5.74) is 6.57. The van der Waals surface area contributed by atoms with Gasteiger partial charge in [-0.15, -0.1) is 0 Å². The zero-order valence-corrected chi connectivity index (χ0v) is 10.6. The molecular weight excluding hydrogens is 236 g/mol. The largest absolute Gasteiger partial charge is 0.370 e. The third-order valence-electron chi connectivity index (χ3n) is 2.99. The van der Waals surface area contributed by atoms with Gasteiger partial charge in [0.1, 0.15) is 6.61 Å². The molecule has 5 heteroatoms. The maximum Gasteiger partial charge on any atom is 0.249 e. The van der Waals surface area contributed by atoms with Crippen molar-refractivity contribution in [2.45, 2.75) is 18.9 Å². The van der Waals surface area contributed by atoms with Crippen molar-refractivity contribution >= 4 is 17.2 Å². The Hall–Kier alpha value is -0.910. The predicted octanol–water partition coefficient (Wildman–Crippen LogP) is 1.39. The molecule has 0 saturated carbocycles. The van der Waals surface area contributed by atoms with Crippen LogP contribution in [0.4, 0.5) is 0 Å². The topological polar surface area (TPSA) is 55.6 Å². The van der Waals surface area contributed by atoms with Crippen LogP contribution in [0.15, 0.2) is 16.8 Å². The maximum atomic E-state index is 12.0. The highest BCUT2D eigenvalue weighted by Gasteiger charge is 2.29. The molecule has 0 aromatic carbocycles. The summed E-state index contributed by atoms with van der Waals surface area (Å²) in [6.07, 6.45) is 2.13. The highest BCUT2D eigenvalue weighted by atomic mass is 32.1. The monoisotopic (exact) mass is 254 g/mol. The number of nitrogens with zero attached hydrogens (tertiary/aromatic N) is 1. The van der Waals surface area contributed by atoms with Gasteiger partial charge in [0.2, 0.25) is 5.91 Å². The SMILES string of the molecule is NCCOCC(=O)N1CCCC1c1ccsc1. The molecule has 4 nitrogen and oxygen atoms in total. The zero-order valence-electron chi connectivity index (χ0n) is 9.80. The van der Waals surface area contributed by atoms with Gasteiger partial charge in [-0.2, -0.15) is 11.3 Å². The fourth-order valence-corrected chi connectivity index (χ4v) is 2.91. The molecule has 2 heterocycles. The first-order chi connectivity index (χ1) is 8.33. The number of likely N-dealkylation sites (tertiary alicyclic amines) is 1. The molecule has 1 amide bonds. The summed E-state index contributed by atoms with van der Waals surface area (Å²) in [6, 6.07) is 2.34. The van der Waals surface area contributed by atoms with Crippen LogP contribution in [0.1, 0.15) is 24.4 Å². The average molecular weight is 254 g/mol. The minimum absolute atomic E-state index is 0.0761. The lowest BCUT2D eigenvalue weighted by Crippen LogP contribution is -2.33. The van der Waals surface area contributed by atoms with Crippen molar-refractivity contribution in [3.05, 3.63) is 22.4 Å². The first kappa shape index (κ1) is 12.5. The van der Waals surface area contributed by atoms with Crippen molar-refractivity contribution in [3.8, 4) is 0 Å². The van der Waals surface area contributed by atoms with Crippen LogP contribution in [-0.2, 0) is 9.53 Å². The molecule has 1 fully saturated rings. The normalized spacial score (nSPS) is 19.8. The van der Waals surface area contributed by atoms with Gasteiger partial charge in [0.25, 0.3) is 0 Å². The maximum absolute atomic E-state index is 12.0. The molecule has 2 N–H and O–H groups in total. The zero-order chi connectivity index (χ0) is 12.1. The second kappa shape index (κ2) is 6.14. The lowest BCUT2D eigenvalue weighted by Gasteiger charge is -2.24. The van der Waals surface area contributed by atoms with Crippen molar-refractivity contribution in [3.63, 3.8) is 0 Å². The summed E-state index contributed by atoms with van der Waals surface area (Å²) in [4.78, 5) is 13.9. The van der Waals surface area contributed by atoms with Gasteiger partial charge in [-0.3, -0.25) is 4.79 Å². The lowest BCUT2D eigenvalue weighted by atomic mass is 10.1. The van der Waals surface area contributed by atoms with Gasteiger partial charge in [0, 0.05) is 13.1 Å². The third-order valence-corrected chi connectivity index (χ3v) is 3.69. The summed E-state index contributed by atoms with van der Waals surface area (Å²) in [5, 5.41) is 4.18. The predicted molar refractivity (Wildman–Crippen MR) is 67.9 cm³/mol. The van der Waals surface area contributed by atoms with Crippen LogP contribution in [-0.4, -0.2) is 37.1 Å². The molecule has 0 aliphatic carbocycles. The number of nitrogens with two attached hydrogens (primary N) is 1. The van der Waals surface area contributed by atoms with Crippen molar-refractivity contribution in [2.24, 2.45) is 5.73 Å². The van der Waals surface area contributed by atoms with E-state index in [1.54, 1.807) is 11.3 Å². The Balaban J connectivity index is 1.93. The van der Waals surface area contributed by atoms with Crippen LogP contribution in [0.25, 0.3) is 0 Å². The molecule has 1 aliphatic rings. The molecule has 0 bridgehead atoms. The Morgan fingerprint density at radius 2 is 2.53 bits per heavy atom. The van der Waals surface area contributed by atoms with E-state index in [1.165, 1.54) is 5.56 Å². The number of hydrogen-bond donors (Lipinski definition) is 1. The van der Waals surface area contributed by atoms with Crippen LogP contribution >= 0.6 is 11.3 Å². The number of rotatable bonds is 5. The number of carbonyl (C=O) groups is 1. The molecular formula is C12H18N2O2S. The van der Waals surface area contributed by atoms with Crippen molar-refractivity contribution < 1.29 is 9.53 Å². The van der Waals surface area contributed by atoms with Crippen LogP contribution in [0.3, 0.4) is 0 Å². The number of thiophene rings is 1. The van der Waals surface area contributed by atoms with Crippen LogP contribution in [0, 0.1) is 0 Å². The van der Waals surface area contributed by atoms with E-state index in [-0.39, 0.29) is 18.6 Å². The highest BCUT2D eigenvalue weighted by Crippen LogP contribution is 2.32. The molecule has 17 heavy (non-hydrogen) atoms. The number of ether oxygens (including phenoxy) is 1. The van der Waals surface area contributed by atoms with E-state index < -0.39 is 0 Å². The molecule has 0 spiro atoms. The van der Waals surface area contributed by atoms with Gasteiger partial charge in [-0.25, -0.2) is 0 Å². The highest BCUT2D eigenvalue weighted by molar-refractivity contribution is 7.07. The second-order valence-electron chi connectivity index (χ2n) is 4.14. The minimum Gasteiger partial charge on any atom is -0.370 e. The van der Waals surface area contributed by atoms with Crippen LogP contribution < -0.4 is 5.73 Å². The van der Waals surface area contributed by atoms with Gasteiger partial charge in [-0.05, 0) is 35.2 Å². The van der Waals surface area contributed by atoms with Gasteiger partial charge in [-0.1, -0.05) is 0 Å². The van der Waals surface area contributed by atoms with Gasteiger partial charge >= 0.3 is 0 Å². The summed E-state index contributed by atoms with van der Waals surface area (Å²) in [5.74, 6) is 0.0761. The lowest BCUT2D eigenvalue weighted by molar-refractivity contribution is -0.137. The Morgan fingerprint density at radius 1 is 1.65 bits per heavy atom. The molecule has 1 atom stereocenters. The molecule has 1 unspecified atom stereocenters. The number of hydrogen-bond acceptors (Lipinski definition) is 4. The first-order valence-electron chi connectivity index (χ1n) is 5.92. The Bertz CT molecular complexity index is 353. The molecule has 94 valence electrons. The summed E-state index contributed by atoms with van der Waals surface area (Å²) in [6.45, 7) is 1.90. The van der Waals surface area contributed by atoms with Crippen LogP contribution in [0.2, 0.25) is 0 Å². The van der Waals surface area contributed by atoms with Crippen molar-refractivity contribution in [1.29, 1.82) is 0 Å². The summed E-state index contributed by atoms with van der Waals surface area (Å²) in [7, 11) is 0. The number of carbonyl (C=O) groups excluding carboxylic acids is 1. The van der Waals surface area contributed by atoms with E-state index >= 15 is 0 Å². The van der Waals surface area contributed by atoms with E-state index in [1.807, 2.05) is 4.90 Å². The molecule has 1 aliphatic heterocycles. The van der Waals surface area contributed by atoms with E-state index in [0.29, 0.717) is 13.2 Å². The third kappa shape index (κ3) is 3.06. The Kier molecular flexibility index (Phi) is 4.53. The quantitative estimate of drug-likeness (QED) is 0.808. The molecule has 1 saturated heterocycles. The molecule has 0 radical (unpaired) electrons. The fraction of sp³-hybridized carbons (Fsp3) is 0.583. The van der Waals surface area contributed by atoms with E-state index in [9.17, 15) is 4.79 Å². The van der Waals surface area contributed by atoms with Crippen molar-refractivity contribution in [2.75, 3.05) is 26.3 Å². The molecule has 1 aromatic heterocycles. The minimum atomic E-state index is 0.0761. The fourth-order valence-electron chi connectivity index (χ4n) is 2.20. The van der Waals surface area contributed by atoms with Gasteiger partial charge in [0.15, 0.2) is 0 Å².